The number of hydrogen-bond acceptors (Lipinski definition) is 12. The van der Waals surface area contributed by atoms with E-state index in [2.05, 4.69) is 0 Å². The fraction of sp³-hybridized carbons (Fsp3) is 0. The van der Waals surface area contributed by atoms with Gasteiger partial charge in [0.2, 0.25) is 0 Å². The van der Waals surface area contributed by atoms with Crippen LogP contribution in [0, 0.1) is 0 Å². The van der Waals surface area contributed by atoms with Gasteiger partial charge in [0.25, 0.3) is 0 Å². The van der Waals surface area contributed by atoms with Crippen molar-refractivity contribution in [3.8, 4) is 0 Å². The Bertz CT molecular complexity index is 214. The minimum absolute atomic E-state index is 0. The molecule has 0 unspecified atom stereocenters. The van der Waals surface area contributed by atoms with E-state index in [1.807, 2.05) is 0 Å². The molecule has 0 amide bonds. The van der Waals surface area contributed by atoms with Crippen molar-refractivity contribution in [3.63, 3.8) is 0 Å². The van der Waals surface area contributed by atoms with Crippen LogP contribution in [0.5, 0.6) is 0 Å². The Kier molecular flexibility index (Phi) is 52.0. The van der Waals surface area contributed by atoms with Crippen molar-refractivity contribution in [2.75, 3.05) is 0 Å². The van der Waals surface area contributed by atoms with E-state index in [1.165, 1.54) is 0 Å². The van der Waals surface area contributed by atoms with Gasteiger partial charge in [0.05, 0.1) is 0 Å². The molecule has 0 spiro atoms. The molecule has 19 heavy (non-hydrogen) atoms. The summed E-state index contributed by atoms with van der Waals surface area (Å²) in [7, 11) is 0. The van der Waals surface area contributed by atoms with Crippen molar-refractivity contribution in [3.05, 3.63) is 0 Å². The van der Waals surface area contributed by atoms with Gasteiger partial charge in [0.15, 0.2) is 0 Å². The average molecular weight is 792 g/mol. The molecule has 12 nitrogen and oxygen atoms in total. The van der Waals surface area contributed by atoms with E-state index >= 15 is 0 Å². The van der Waals surface area contributed by atoms with Crippen LogP contribution in [0.25, 0.3) is 0 Å². The third-order valence-electron chi connectivity index (χ3n) is 0. The van der Waals surface area contributed by atoms with E-state index in [0.29, 0.717) is 0 Å². The third-order valence-corrected chi connectivity index (χ3v) is 0. The van der Waals surface area contributed by atoms with Gasteiger partial charge in [-0.3, -0.25) is 0 Å². The third kappa shape index (κ3) is 314. The van der Waals surface area contributed by atoms with Crippen molar-refractivity contribution in [1.82, 2.24) is 0 Å². The summed E-state index contributed by atoms with van der Waals surface area (Å²) in [6, 6.07) is 0. The van der Waals surface area contributed by atoms with Crippen molar-refractivity contribution in [2.45, 2.75) is 0 Å². The van der Waals surface area contributed by atoms with Gasteiger partial charge in [-0.15, -0.1) is 0 Å². The van der Waals surface area contributed by atoms with E-state index in [-0.39, 0.29) is 139 Å². The van der Waals surface area contributed by atoms with E-state index in [9.17, 15) is 0 Å². The second kappa shape index (κ2) is 22.2. The quantitative estimate of drug-likeness (QED) is 0.207. The fourth-order valence-corrected chi connectivity index (χ4v) is 0. The van der Waals surface area contributed by atoms with Crippen molar-refractivity contribution in [1.29, 1.82) is 0 Å². The van der Waals surface area contributed by atoms with Gasteiger partial charge >= 0.3 is 239 Å². The molecule has 96 valence electrons. The van der Waals surface area contributed by atoms with Crippen LogP contribution in [0.4, 0.5) is 0 Å². The SMILES string of the molecule is [Ca+2].[Ca+2].[Ca+2].[In+3].[O]=[Sb]([O-])([O-])[O-].[O]=[Sb]([O-])([O-])[O-].[O]=[Sb]([O-])([O-])[O-]. The van der Waals surface area contributed by atoms with Crippen LogP contribution in [0.15, 0.2) is 0 Å². The summed E-state index contributed by atoms with van der Waals surface area (Å²) in [4.78, 5) is 0. The molecule has 0 N–H and O–H groups in total. The van der Waals surface area contributed by atoms with Gasteiger partial charge in [-0.25, -0.2) is 0 Å². The Hall–Kier alpha value is 6.14. The van der Waals surface area contributed by atoms with E-state index in [0.717, 1.165) is 0 Å². The standard InChI is InChI=1S/3Ca.In.12O.3Sb/q3*+2;+3;;;;9*-1;;;. The molecular formula is Ca3InO12Sb3. The maximum atomic E-state index is 8.64. The maximum absolute atomic E-state index is 8.64. The van der Waals surface area contributed by atoms with Gasteiger partial charge in [0, 0.05) is 0 Å². The second-order valence-corrected chi connectivity index (χ2v) is 9.00. The Labute approximate surface area is 232 Å². The molecule has 0 saturated carbocycles. The zero-order chi connectivity index (χ0) is 13.5. The molecule has 0 aromatic carbocycles. The van der Waals surface area contributed by atoms with Crippen molar-refractivity contribution in [2.24, 2.45) is 0 Å². The molecule has 0 bridgehead atoms. The molecule has 0 aromatic heterocycles. The Balaban J connectivity index is -0.0000000206. The fourth-order valence-electron chi connectivity index (χ4n) is 0. The summed E-state index contributed by atoms with van der Waals surface area (Å²) in [6.07, 6.45) is 0. The van der Waals surface area contributed by atoms with Gasteiger partial charge in [0.1, 0.15) is 0 Å². The van der Waals surface area contributed by atoms with Crippen LogP contribution in [-0.2, 0) is 9.05 Å². The zero-order valence-electron chi connectivity index (χ0n) is 8.94. The van der Waals surface area contributed by atoms with Gasteiger partial charge in [-0.05, 0) is 0 Å². The van der Waals surface area contributed by atoms with Crippen molar-refractivity contribution >= 4 is 199 Å². The van der Waals surface area contributed by atoms with Gasteiger partial charge < -0.3 is 0 Å². The summed E-state index contributed by atoms with van der Waals surface area (Å²) in [6.45, 7) is 0. The molecule has 0 aliphatic rings. The Morgan fingerprint density at radius 3 is 0.421 bits per heavy atom. The summed E-state index contributed by atoms with van der Waals surface area (Å²) in [5.74, 6) is 0. The minimum atomic E-state index is -6.10. The first-order valence-electron chi connectivity index (χ1n) is 2.19. The molecule has 0 saturated heterocycles. The Morgan fingerprint density at radius 2 is 0.421 bits per heavy atom. The van der Waals surface area contributed by atoms with Crippen molar-refractivity contribution < 1.29 is 39.5 Å². The van der Waals surface area contributed by atoms with Crippen LogP contribution in [0.1, 0.15) is 0 Å². The van der Waals surface area contributed by atoms with Crippen LogP contribution < -0.4 is 30.5 Å². The number of rotatable bonds is 0. The molecule has 0 atom stereocenters. The first-order chi connectivity index (χ1) is 6.00. The first-order valence-corrected chi connectivity index (χ1v) is 14.7. The predicted octanol–water partition coefficient (Wildman–Crippen LogP) is -13.7. The normalized spacial score (nSPS) is 9.32. The second-order valence-electron chi connectivity index (χ2n) is 1.34. The van der Waals surface area contributed by atoms with Crippen LogP contribution in [0.2, 0.25) is 0 Å². The summed E-state index contributed by atoms with van der Waals surface area (Å²) >= 11 is -18.3. The van der Waals surface area contributed by atoms with Crippen LogP contribution >= 0.6 is 0 Å². The first kappa shape index (κ1) is 44.5. The van der Waals surface area contributed by atoms with E-state index < -0.39 is 60.2 Å². The molecule has 0 aliphatic carbocycles. The van der Waals surface area contributed by atoms with E-state index in [4.69, 9.17) is 39.5 Å². The summed E-state index contributed by atoms with van der Waals surface area (Å²) in [5, 5.41) is 0. The van der Waals surface area contributed by atoms with Crippen LogP contribution in [-0.4, -0.2) is 199 Å². The summed E-state index contributed by atoms with van der Waals surface area (Å²) < 4.78 is 104. The van der Waals surface area contributed by atoms with E-state index in [1.54, 1.807) is 0 Å². The average Bonchev–Trinajstić information content (AvgIpc) is 1.41. The molecular weight excluding hydrogens is 792 g/mol. The molecule has 0 aromatic rings. The monoisotopic (exact) mass is 789 g/mol. The van der Waals surface area contributed by atoms with Gasteiger partial charge in [-0.1, -0.05) is 0 Å². The Morgan fingerprint density at radius 1 is 0.421 bits per heavy atom. The molecule has 0 rings (SSSR count). The summed E-state index contributed by atoms with van der Waals surface area (Å²) in [5.41, 5.74) is 0. The molecule has 0 heterocycles. The topological polar surface area (TPSA) is 259 Å². The molecule has 0 aliphatic heterocycles. The molecule has 0 radical (unpaired) electrons. The predicted molar refractivity (Wildman–Crippen MR) is 42.3 cm³/mol. The molecule has 0 fully saturated rings. The van der Waals surface area contributed by atoms with Gasteiger partial charge in [-0.2, -0.15) is 0 Å². The molecule has 19 heteroatoms. The number of hydrogen-bond donors (Lipinski definition) is 0. The van der Waals surface area contributed by atoms with Crippen LogP contribution in [0.3, 0.4) is 0 Å². The zero-order valence-corrected chi connectivity index (χ0v) is 26.5.